The Labute approximate surface area is 249 Å². The van der Waals surface area contributed by atoms with Gasteiger partial charge in [-0.1, -0.05) is 73.1 Å². The molecule has 1 atom stereocenters. The molecule has 1 aliphatic heterocycles. The predicted octanol–water partition coefficient (Wildman–Crippen LogP) is 6.76. The third kappa shape index (κ3) is 8.33. The topological polar surface area (TPSA) is 105 Å². The SMILES string of the molecule is CCCCCCOc1ccc(NC(=O)CC2SC(=NS(=O)(=O)c3ccc(Br)cc3)N(C3CCCCC3)C2=O)cc1. The molecule has 40 heavy (non-hydrogen) atoms. The second kappa shape index (κ2) is 14.5. The predicted molar refractivity (Wildman–Crippen MR) is 163 cm³/mol. The van der Waals surface area contributed by atoms with Gasteiger partial charge in [-0.25, -0.2) is 0 Å². The van der Waals surface area contributed by atoms with Crippen LogP contribution in [0, 0.1) is 0 Å². The van der Waals surface area contributed by atoms with Crippen LogP contribution in [-0.2, 0) is 19.6 Å². The standard InChI is InChI=1S/C29H36BrN3O5S2/c1-2-3-4-8-19-38-24-15-13-22(14-16-24)31-27(34)20-26-28(35)33(23-9-6-5-7-10-23)29(39-26)32-40(36,37)25-17-11-21(30)12-18-25/h11-18,23,26H,2-10,19-20H2,1H3,(H,31,34). The normalized spacial score (nSPS) is 19.2. The number of rotatable bonds is 12. The quantitative estimate of drug-likeness (QED) is 0.255. The Morgan fingerprint density at radius 1 is 1.05 bits per heavy atom. The number of ether oxygens (including phenoxy) is 1. The van der Waals surface area contributed by atoms with E-state index in [4.69, 9.17) is 4.74 Å². The minimum absolute atomic E-state index is 0.0504. The molecule has 1 saturated carbocycles. The van der Waals surface area contributed by atoms with Crippen LogP contribution in [-0.4, -0.2) is 48.2 Å². The fourth-order valence-corrected chi connectivity index (χ4v) is 7.52. The summed E-state index contributed by atoms with van der Waals surface area (Å²) in [7, 11) is -4.03. The van der Waals surface area contributed by atoms with Crippen molar-refractivity contribution in [3.8, 4) is 5.75 Å². The van der Waals surface area contributed by atoms with Crippen LogP contribution in [0.5, 0.6) is 5.75 Å². The molecule has 0 bridgehead atoms. The Balaban J connectivity index is 1.42. The maximum absolute atomic E-state index is 13.5. The third-order valence-corrected chi connectivity index (χ3v) is 10.1. The van der Waals surface area contributed by atoms with Gasteiger partial charge in [-0.05, 0) is 67.8 Å². The molecule has 1 heterocycles. The molecule has 0 spiro atoms. The van der Waals surface area contributed by atoms with Gasteiger partial charge in [0.1, 0.15) is 11.0 Å². The number of benzene rings is 2. The van der Waals surface area contributed by atoms with Gasteiger partial charge in [0, 0.05) is 22.6 Å². The van der Waals surface area contributed by atoms with E-state index in [1.807, 2.05) is 12.1 Å². The number of carbonyl (C=O) groups is 2. The Morgan fingerprint density at radius 3 is 2.42 bits per heavy atom. The molecule has 2 fully saturated rings. The molecule has 8 nitrogen and oxygen atoms in total. The lowest BCUT2D eigenvalue weighted by molar-refractivity contribution is -0.130. The molecule has 2 amide bonds. The fraction of sp³-hybridized carbons (Fsp3) is 0.483. The maximum atomic E-state index is 13.5. The van der Waals surface area contributed by atoms with Crippen LogP contribution >= 0.6 is 27.7 Å². The van der Waals surface area contributed by atoms with Gasteiger partial charge >= 0.3 is 0 Å². The van der Waals surface area contributed by atoms with E-state index in [-0.39, 0.29) is 34.3 Å². The molecule has 1 saturated heterocycles. The number of hydrogen-bond acceptors (Lipinski definition) is 6. The van der Waals surface area contributed by atoms with Crippen molar-refractivity contribution in [2.24, 2.45) is 4.40 Å². The lowest BCUT2D eigenvalue weighted by Crippen LogP contribution is -2.42. The highest BCUT2D eigenvalue weighted by Gasteiger charge is 2.43. The first kappa shape index (κ1) is 30.6. The minimum atomic E-state index is -4.03. The molecule has 0 aromatic heterocycles. The van der Waals surface area contributed by atoms with Gasteiger partial charge in [0.2, 0.25) is 11.8 Å². The van der Waals surface area contributed by atoms with Gasteiger partial charge in [0.05, 0.1) is 11.5 Å². The fourth-order valence-electron chi connectivity index (χ4n) is 4.85. The summed E-state index contributed by atoms with van der Waals surface area (Å²) in [5, 5.41) is 2.26. The largest absolute Gasteiger partial charge is 0.494 e. The molecule has 11 heteroatoms. The number of halogens is 1. The number of hydrogen-bond donors (Lipinski definition) is 1. The van der Waals surface area contributed by atoms with Crippen LogP contribution in [0.1, 0.15) is 71.1 Å². The first-order chi connectivity index (χ1) is 19.3. The number of unbranched alkanes of at least 4 members (excludes halogenated alkanes) is 3. The summed E-state index contributed by atoms with van der Waals surface area (Å²) in [6, 6.07) is 13.3. The van der Waals surface area contributed by atoms with Gasteiger partial charge in [-0.3, -0.25) is 14.5 Å². The molecule has 216 valence electrons. The molecule has 0 radical (unpaired) electrons. The Hall–Kier alpha value is -2.37. The summed E-state index contributed by atoms with van der Waals surface area (Å²) < 4.78 is 36.8. The van der Waals surface area contributed by atoms with Gasteiger partial charge in [-0.15, -0.1) is 4.40 Å². The Morgan fingerprint density at radius 2 is 1.75 bits per heavy atom. The lowest BCUT2D eigenvalue weighted by atomic mass is 9.94. The van der Waals surface area contributed by atoms with Crippen LogP contribution in [0.4, 0.5) is 5.69 Å². The first-order valence-electron chi connectivity index (χ1n) is 13.9. The highest BCUT2D eigenvalue weighted by atomic mass is 79.9. The monoisotopic (exact) mass is 649 g/mol. The summed E-state index contributed by atoms with van der Waals surface area (Å²) in [6.45, 7) is 2.83. The number of amides is 2. The molecule has 1 N–H and O–H groups in total. The average molecular weight is 651 g/mol. The molecule has 2 aromatic rings. The van der Waals surface area contributed by atoms with Gasteiger partial charge in [0.15, 0.2) is 5.17 Å². The Kier molecular flexibility index (Phi) is 11.1. The number of amidine groups is 1. The minimum Gasteiger partial charge on any atom is -0.494 e. The molecule has 2 aromatic carbocycles. The summed E-state index contributed by atoms with van der Waals surface area (Å²) in [5.74, 6) is 0.162. The number of nitrogens with zero attached hydrogens (tertiary/aromatic N) is 2. The first-order valence-corrected chi connectivity index (χ1v) is 17.0. The number of nitrogens with one attached hydrogen (secondary N) is 1. The van der Waals surface area contributed by atoms with Gasteiger partial charge in [0.25, 0.3) is 10.0 Å². The van der Waals surface area contributed by atoms with E-state index in [1.54, 1.807) is 24.3 Å². The number of anilines is 1. The summed E-state index contributed by atoms with van der Waals surface area (Å²) >= 11 is 4.37. The second-order valence-corrected chi connectivity index (χ2v) is 13.8. The van der Waals surface area contributed by atoms with Crippen molar-refractivity contribution in [2.45, 2.75) is 87.3 Å². The third-order valence-electron chi connectivity index (χ3n) is 6.99. The van der Waals surface area contributed by atoms with E-state index in [0.29, 0.717) is 12.3 Å². The summed E-state index contributed by atoms with van der Waals surface area (Å²) in [4.78, 5) is 28.0. The van der Waals surface area contributed by atoms with Crippen molar-refractivity contribution < 1.29 is 22.7 Å². The molecular weight excluding hydrogens is 614 g/mol. The van der Waals surface area contributed by atoms with E-state index < -0.39 is 15.3 Å². The molecule has 1 unspecified atom stereocenters. The van der Waals surface area contributed by atoms with E-state index >= 15 is 0 Å². The highest BCUT2D eigenvalue weighted by Crippen LogP contribution is 2.36. The van der Waals surface area contributed by atoms with Crippen LogP contribution < -0.4 is 10.1 Å². The van der Waals surface area contributed by atoms with E-state index in [2.05, 4.69) is 32.6 Å². The molecule has 1 aliphatic carbocycles. The van der Waals surface area contributed by atoms with Crippen molar-refractivity contribution >= 4 is 60.4 Å². The highest BCUT2D eigenvalue weighted by molar-refractivity contribution is 9.10. The van der Waals surface area contributed by atoms with Gasteiger partial charge in [-0.2, -0.15) is 8.42 Å². The molecular formula is C29H36BrN3O5S2. The lowest BCUT2D eigenvalue weighted by Gasteiger charge is -2.30. The van der Waals surface area contributed by atoms with E-state index in [9.17, 15) is 18.0 Å². The van der Waals surface area contributed by atoms with E-state index in [0.717, 1.165) is 66.9 Å². The van der Waals surface area contributed by atoms with Crippen LogP contribution in [0.2, 0.25) is 0 Å². The summed E-state index contributed by atoms with van der Waals surface area (Å²) in [5.41, 5.74) is 0.606. The number of thioether (sulfide) groups is 1. The molecule has 2 aliphatic rings. The van der Waals surface area contributed by atoms with Crippen molar-refractivity contribution in [1.82, 2.24) is 4.90 Å². The van der Waals surface area contributed by atoms with E-state index in [1.165, 1.54) is 29.9 Å². The van der Waals surface area contributed by atoms with Crippen molar-refractivity contribution in [2.75, 3.05) is 11.9 Å². The zero-order chi connectivity index (χ0) is 28.5. The maximum Gasteiger partial charge on any atom is 0.284 e. The van der Waals surface area contributed by atoms with Crippen molar-refractivity contribution in [3.05, 3.63) is 53.0 Å². The van der Waals surface area contributed by atoms with Gasteiger partial charge < -0.3 is 10.1 Å². The van der Waals surface area contributed by atoms with Crippen molar-refractivity contribution in [1.29, 1.82) is 0 Å². The number of carbonyl (C=O) groups excluding carboxylic acids is 2. The van der Waals surface area contributed by atoms with Crippen molar-refractivity contribution in [3.63, 3.8) is 0 Å². The molecule has 4 rings (SSSR count). The zero-order valence-electron chi connectivity index (χ0n) is 22.7. The second-order valence-electron chi connectivity index (χ2n) is 10.1. The van der Waals surface area contributed by atoms with Crippen LogP contribution in [0.25, 0.3) is 0 Å². The average Bonchev–Trinajstić information content (AvgIpc) is 3.23. The Bertz CT molecular complexity index is 1290. The smallest absolute Gasteiger partial charge is 0.284 e. The van der Waals surface area contributed by atoms with Crippen LogP contribution in [0.15, 0.2) is 62.3 Å². The number of sulfonamides is 1. The summed E-state index contributed by atoms with van der Waals surface area (Å²) in [6.07, 6.45) is 9.04. The van der Waals surface area contributed by atoms with Crippen LogP contribution in [0.3, 0.4) is 0 Å². The zero-order valence-corrected chi connectivity index (χ0v) is 25.9.